The van der Waals surface area contributed by atoms with Crippen molar-refractivity contribution in [3.63, 3.8) is 0 Å². The molecule has 0 fully saturated rings. The van der Waals surface area contributed by atoms with Crippen LogP contribution in [0.3, 0.4) is 0 Å². The molecule has 1 aliphatic rings. The number of carbonyl (C=O) groups is 1. The van der Waals surface area contributed by atoms with Crippen LogP contribution in [0.2, 0.25) is 0 Å². The molecule has 0 unspecified atom stereocenters. The van der Waals surface area contributed by atoms with Crippen molar-refractivity contribution in [2.45, 2.75) is 12.8 Å². The molecule has 1 heterocycles. The Bertz CT molecular complexity index is 435. The molecule has 0 aromatic carbocycles. The molecule has 1 N–H and O–H groups in total. The molecular formula is C11H10N2O2. The summed E-state index contributed by atoms with van der Waals surface area (Å²) in [5, 5.41) is 9.42. The number of rotatable bonds is 1. The molecule has 1 aliphatic carbocycles. The zero-order valence-corrected chi connectivity index (χ0v) is 8.05. The number of aliphatic hydroxyl groups is 1. The first-order valence-electron chi connectivity index (χ1n) is 4.69. The van der Waals surface area contributed by atoms with Gasteiger partial charge in [-0.1, -0.05) is 6.08 Å². The van der Waals surface area contributed by atoms with E-state index in [1.165, 1.54) is 12.4 Å². The minimum atomic E-state index is -0.369. The van der Waals surface area contributed by atoms with E-state index in [-0.39, 0.29) is 11.5 Å². The average Bonchev–Trinajstić information content (AvgIpc) is 2.44. The molecule has 0 amide bonds. The van der Waals surface area contributed by atoms with Gasteiger partial charge in [0.1, 0.15) is 6.33 Å². The number of allylic oxidation sites excluding steroid dienone is 3. The lowest BCUT2D eigenvalue weighted by Gasteiger charge is -2.02. The van der Waals surface area contributed by atoms with Gasteiger partial charge in [-0.2, -0.15) is 0 Å². The summed E-state index contributed by atoms with van der Waals surface area (Å²) in [6.07, 6.45) is 7.69. The van der Waals surface area contributed by atoms with Crippen molar-refractivity contribution in [1.82, 2.24) is 9.97 Å². The summed E-state index contributed by atoms with van der Waals surface area (Å²) in [4.78, 5) is 19.5. The summed E-state index contributed by atoms with van der Waals surface area (Å²) < 4.78 is 0. The summed E-state index contributed by atoms with van der Waals surface area (Å²) in [5.74, 6) is -0.566. The summed E-state index contributed by atoms with van der Waals surface area (Å²) in [6, 6.07) is 1.66. The van der Waals surface area contributed by atoms with Crippen LogP contribution in [0, 0.1) is 0 Å². The number of hydrogen-bond donors (Lipinski definition) is 1. The zero-order chi connectivity index (χ0) is 10.7. The van der Waals surface area contributed by atoms with Gasteiger partial charge < -0.3 is 5.11 Å². The molecule has 0 spiro atoms. The van der Waals surface area contributed by atoms with E-state index in [0.29, 0.717) is 17.7 Å². The van der Waals surface area contributed by atoms with Crippen LogP contribution in [0.25, 0.3) is 5.57 Å². The van der Waals surface area contributed by atoms with Gasteiger partial charge in [0.25, 0.3) is 0 Å². The van der Waals surface area contributed by atoms with Crippen molar-refractivity contribution in [3.05, 3.63) is 42.2 Å². The maximum atomic E-state index is 11.7. The number of aromatic nitrogens is 2. The second kappa shape index (κ2) is 4.04. The van der Waals surface area contributed by atoms with Crippen molar-refractivity contribution in [1.29, 1.82) is 0 Å². The van der Waals surface area contributed by atoms with Crippen molar-refractivity contribution < 1.29 is 9.90 Å². The van der Waals surface area contributed by atoms with E-state index >= 15 is 0 Å². The Morgan fingerprint density at radius 3 is 2.80 bits per heavy atom. The van der Waals surface area contributed by atoms with Crippen molar-refractivity contribution in [2.24, 2.45) is 0 Å². The standard InChI is InChI=1S/C11H10N2O2/c14-10-4-2-1-3-8(11(10)15)9-5-6-12-7-13-9/h3-7,14H,1-2H2. The Hall–Kier alpha value is -1.97. The SMILES string of the molecule is O=C1C(O)=CCCC=C1c1ccncn1. The van der Waals surface area contributed by atoms with Crippen LogP contribution in [0.4, 0.5) is 0 Å². The monoisotopic (exact) mass is 202 g/mol. The summed E-state index contributed by atoms with van der Waals surface area (Å²) in [6.45, 7) is 0. The first-order valence-corrected chi connectivity index (χ1v) is 4.69. The number of aliphatic hydroxyl groups excluding tert-OH is 1. The molecule has 0 atom stereocenters. The van der Waals surface area contributed by atoms with E-state index in [4.69, 9.17) is 0 Å². The van der Waals surface area contributed by atoms with Gasteiger partial charge in [0.15, 0.2) is 5.76 Å². The minimum Gasteiger partial charge on any atom is -0.504 e. The average molecular weight is 202 g/mol. The van der Waals surface area contributed by atoms with Crippen LogP contribution in [0.1, 0.15) is 18.5 Å². The highest BCUT2D eigenvalue weighted by Crippen LogP contribution is 2.20. The summed E-state index contributed by atoms with van der Waals surface area (Å²) >= 11 is 0. The van der Waals surface area contributed by atoms with Gasteiger partial charge in [0, 0.05) is 11.8 Å². The molecule has 0 saturated heterocycles. The molecule has 0 radical (unpaired) electrons. The van der Waals surface area contributed by atoms with E-state index in [1.807, 2.05) is 0 Å². The first-order chi connectivity index (χ1) is 7.29. The van der Waals surface area contributed by atoms with E-state index in [1.54, 1.807) is 18.3 Å². The van der Waals surface area contributed by atoms with Gasteiger partial charge in [-0.05, 0) is 25.0 Å². The second-order valence-corrected chi connectivity index (χ2v) is 3.21. The van der Waals surface area contributed by atoms with Gasteiger partial charge in [-0.15, -0.1) is 0 Å². The maximum absolute atomic E-state index is 11.7. The Morgan fingerprint density at radius 2 is 2.07 bits per heavy atom. The van der Waals surface area contributed by atoms with Crippen molar-refractivity contribution >= 4 is 11.4 Å². The molecule has 4 heteroatoms. The van der Waals surface area contributed by atoms with Gasteiger partial charge in [-0.25, -0.2) is 9.97 Å². The third kappa shape index (κ3) is 1.93. The number of ketones is 1. The molecule has 0 aliphatic heterocycles. The van der Waals surface area contributed by atoms with E-state index < -0.39 is 0 Å². The van der Waals surface area contributed by atoms with Crippen molar-refractivity contribution in [3.8, 4) is 0 Å². The number of hydrogen-bond acceptors (Lipinski definition) is 4. The van der Waals surface area contributed by atoms with Gasteiger partial charge in [-0.3, -0.25) is 4.79 Å². The molecule has 76 valence electrons. The van der Waals surface area contributed by atoms with Crippen LogP contribution in [0.15, 0.2) is 36.5 Å². The fraction of sp³-hybridized carbons (Fsp3) is 0.182. The van der Waals surface area contributed by atoms with Crippen LogP contribution < -0.4 is 0 Å². The lowest BCUT2D eigenvalue weighted by atomic mass is 10.1. The fourth-order valence-electron chi connectivity index (χ4n) is 1.44. The highest BCUT2D eigenvalue weighted by atomic mass is 16.3. The Labute approximate surface area is 87.0 Å². The minimum absolute atomic E-state index is 0.197. The number of nitrogens with zero attached hydrogens (tertiary/aromatic N) is 2. The van der Waals surface area contributed by atoms with Crippen LogP contribution in [0.5, 0.6) is 0 Å². The maximum Gasteiger partial charge on any atom is 0.228 e. The molecule has 15 heavy (non-hydrogen) atoms. The zero-order valence-electron chi connectivity index (χ0n) is 8.05. The topological polar surface area (TPSA) is 63.1 Å². The largest absolute Gasteiger partial charge is 0.504 e. The lowest BCUT2D eigenvalue weighted by molar-refractivity contribution is -0.112. The second-order valence-electron chi connectivity index (χ2n) is 3.21. The molecule has 1 aromatic heterocycles. The highest BCUT2D eigenvalue weighted by molar-refractivity contribution is 6.27. The highest BCUT2D eigenvalue weighted by Gasteiger charge is 2.18. The predicted molar refractivity (Wildman–Crippen MR) is 55.0 cm³/mol. The Balaban J connectivity index is 2.41. The van der Waals surface area contributed by atoms with Crippen LogP contribution >= 0.6 is 0 Å². The quantitative estimate of drug-likeness (QED) is 0.752. The first kappa shape index (κ1) is 9.58. The smallest absolute Gasteiger partial charge is 0.228 e. The van der Waals surface area contributed by atoms with Crippen LogP contribution in [-0.4, -0.2) is 20.9 Å². The summed E-state index contributed by atoms with van der Waals surface area (Å²) in [7, 11) is 0. The van der Waals surface area contributed by atoms with Gasteiger partial charge in [0.2, 0.25) is 5.78 Å². The number of Topliss-reactive ketones (excluding diaryl/α,β-unsaturated/α-hetero) is 1. The molecule has 0 bridgehead atoms. The molecule has 1 aromatic rings. The van der Waals surface area contributed by atoms with Crippen molar-refractivity contribution in [2.75, 3.05) is 0 Å². The third-order valence-corrected chi connectivity index (χ3v) is 2.19. The molecule has 4 nitrogen and oxygen atoms in total. The number of carbonyl (C=O) groups excluding carboxylic acids is 1. The molecule has 2 rings (SSSR count). The van der Waals surface area contributed by atoms with Gasteiger partial charge >= 0.3 is 0 Å². The normalized spacial score (nSPS) is 16.7. The molecule has 0 saturated carbocycles. The summed E-state index contributed by atoms with van der Waals surface area (Å²) in [5.41, 5.74) is 1.00. The molecular weight excluding hydrogens is 192 g/mol. The van der Waals surface area contributed by atoms with Crippen LogP contribution in [-0.2, 0) is 4.79 Å². The Morgan fingerprint density at radius 1 is 1.27 bits per heavy atom. The Kier molecular flexibility index (Phi) is 2.58. The fourth-order valence-corrected chi connectivity index (χ4v) is 1.44. The van der Waals surface area contributed by atoms with E-state index in [2.05, 4.69) is 9.97 Å². The predicted octanol–water partition coefficient (Wildman–Crippen LogP) is 1.66. The third-order valence-electron chi connectivity index (χ3n) is 2.19. The van der Waals surface area contributed by atoms with Gasteiger partial charge in [0.05, 0.1) is 5.69 Å². The lowest BCUT2D eigenvalue weighted by Crippen LogP contribution is -2.05. The van der Waals surface area contributed by atoms with E-state index in [0.717, 1.165) is 6.42 Å². The van der Waals surface area contributed by atoms with E-state index in [9.17, 15) is 9.90 Å².